The van der Waals surface area contributed by atoms with Crippen molar-refractivity contribution in [2.45, 2.75) is 24.5 Å². The van der Waals surface area contributed by atoms with Crippen molar-refractivity contribution in [1.82, 2.24) is 40.1 Å². The average Bonchev–Trinajstić information content (AvgIpc) is 3.34. The van der Waals surface area contributed by atoms with E-state index >= 15 is 0 Å². The summed E-state index contributed by atoms with van der Waals surface area (Å²) in [6.45, 7) is -0.420. The molecule has 0 saturated heterocycles. The maximum atomic E-state index is 11.4. The number of halogens is 1. The number of hydrogen-bond donors (Lipinski definition) is 5. The van der Waals surface area contributed by atoms with Gasteiger partial charge in [0, 0.05) is 7.11 Å². The second-order valence-corrected chi connectivity index (χ2v) is 6.06. The van der Waals surface area contributed by atoms with Crippen LogP contribution in [-0.4, -0.2) is 87.4 Å². The summed E-state index contributed by atoms with van der Waals surface area (Å²) < 4.78 is 11.5. The van der Waals surface area contributed by atoms with E-state index in [0.29, 0.717) is 0 Å². The summed E-state index contributed by atoms with van der Waals surface area (Å²) in [6.07, 6.45) is -4.67. The highest BCUT2D eigenvalue weighted by atomic mass is 35.5. The van der Waals surface area contributed by atoms with Gasteiger partial charge >= 0.3 is 5.97 Å². The van der Waals surface area contributed by atoms with Crippen molar-refractivity contribution in [2.24, 2.45) is 0 Å². The first-order valence-corrected chi connectivity index (χ1v) is 8.33. The Morgan fingerprint density at radius 2 is 2.17 bits per heavy atom. The number of aromatic amines is 1. The Morgan fingerprint density at radius 3 is 2.79 bits per heavy atom. The van der Waals surface area contributed by atoms with E-state index in [9.17, 15) is 20.1 Å². The largest absolute Gasteiger partial charge is 0.479 e. The number of hydrogen-bond acceptors (Lipinski definition) is 12. The molecule has 3 aromatic heterocycles. The molecular weight excluding hydrogens is 414 g/mol. The number of aliphatic hydroxyl groups is 2. The Bertz CT molecular complexity index is 983. The molecule has 16 heteroatoms. The van der Waals surface area contributed by atoms with E-state index in [1.807, 2.05) is 0 Å². The molecule has 0 unspecified atom stereocenters. The number of H-pyrrole nitrogens is 1. The third kappa shape index (κ3) is 4.22. The van der Waals surface area contributed by atoms with Crippen LogP contribution in [-0.2, 0) is 14.3 Å². The summed E-state index contributed by atoms with van der Waals surface area (Å²) in [5, 5.41) is 42.5. The molecule has 0 radical (unpaired) electrons. The lowest BCUT2D eigenvalue weighted by Crippen LogP contribution is -2.40. The van der Waals surface area contributed by atoms with Crippen molar-refractivity contribution in [2.75, 3.05) is 19.5 Å². The number of carboxylic acid groups (broad SMARTS) is 1. The Morgan fingerprint density at radius 1 is 1.41 bits per heavy atom. The molecule has 0 aliphatic carbocycles. The topological polar surface area (TPSA) is 220 Å². The SMILES string of the molecule is CO[C@H](CO[C@H](C(=O)O)c1nnn[nH]1)[C@@H](O)[C@@H](O)n1cnc2c(N)nc(Cl)nc21. The van der Waals surface area contributed by atoms with E-state index in [-0.39, 0.29) is 28.1 Å². The van der Waals surface area contributed by atoms with Crippen LogP contribution in [0.15, 0.2) is 6.33 Å². The predicted octanol–water partition coefficient (Wildman–Crippen LogP) is -1.72. The fourth-order valence-corrected chi connectivity index (χ4v) is 2.67. The minimum absolute atomic E-state index is 0.00275. The van der Waals surface area contributed by atoms with Gasteiger partial charge in [0.05, 0.1) is 12.9 Å². The van der Waals surface area contributed by atoms with Gasteiger partial charge in [0.1, 0.15) is 17.7 Å². The van der Waals surface area contributed by atoms with Gasteiger partial charge in [-0.3, -0.25) is 4.57 Å². The second-order valence-electron chi connectivity index (χ2n) is 5.72. The van der Waals surface area contributed by atoms with Gasteiger partial charge in [-0.1, -0.05) is 0 Å². The molecule has 0 amide bonds. The number of fused-ring (bicyclic) bond motifs is 1. The summed E-state index contributed by atoms with van der Waals surface area (Å²) >= 11 is 5.78. The molecule has 3 heterocycles. The van der Waals surface area contributed by atoms with E-state index in [2.05, 4.69) is 35.6 Å². The Hall–Kier alpha value is -2.98. The summed E-state index contributed by atoms with van der Waals surface area (Å²) in [5.74, 6) is -1.52. The summed E-state index contributed by atoms with van der Waals surface area (Å²) in [5.41, 5.74) is 5.97. The van der Waals surface area contributed by atoms with Crippen molar-refractivity contribution in [3.05, 3.63) is 17.4 Å². The van der Waals surface area contributed by atoms with Crippen LogP contribution >= 0.6 is 11.6 Å². The van der Waals surface area contributed by atoms with Crippen molar-refractivity contribution >= 4 is 34.6 Å². The number of carbonyl (C=O) groups is 1. The molecule has 0 aliphatic heterocycles. The van der Waals surface area contributed by atoms with E-state index in [0.717, 1.165) is 4.57 Å². The van der Waals surface area contributed by atoms with Crippen molar-refractivity contribution in [3.63, 3.8) is 0 Å². The maximum absolute atomic E-state index is 11.4. The van der Waals surface area contributed by atoms with Gasteiger partial charge in [-0.15, -0.1) is 5.10 Å². The molecule has 0 fully saturated rings. The van der Waals surface area contributed by atoms with Crippen molar-refractivity contribution in [1.29, 1.82) is 0 Å². The van der Waals surface area contributed by atoms with Crippen LogP contribution < -0.4 is 5.73 Å². The molecule has 0 spiro atoms. The van der Waals surface area contributed by atoms with Crippen LogP contribution in [0.3, 0.4) is 0 Å². The number of nitrogen functional groups attached to an aromatic ring is 1. The van der Waals surface area contributed by atoms with E-state index < -0.39 is 37.1 Å². The average molecular weight is 430 g/mol. The highest BCUT2D eigenvalue weighted by molar-refractivity contribution is 6.28. The van der Waals surface area contributed by atoms with Crippen LogP contribution in [0.4, 0.5) is 5.82 Å². The Balaban J connectivity index is 1.77. The number of tetrazole rings is 1. The molecule has 0 aromatic carbocycles. The van der Waals surface area contributed by atoms with Crippen LogP contribution in [0.25, 0.3) is 11.2 Å². The van der Waals surface area contributed by atoms with Gasteiger partial charge < -0.3 is 30.5 Å². The van der Waals surface area contributed by atoms with E-state index in [4.69, 9.17) is 26.8 Å². The van der Waals surface area contributed by atoms with Crippen LogP contribution in [0, 0.1) is 0 Å². The number of nitrogens with two attached hydrogens (primary N) is 1. The monoisotopic (exact) mass is 429 g/mol. The molecule has 0 bridgehead atoms. The molecule has 4 atom stereocenters. The predicted molar refractivity (Wildman–Crippen MR) is 93.3 cm³/mol. The lowest BCUT2D eigenvalue weighted by molar-refractivity contribution is -0.162. The maximum Gasteiger partial charge on any atom is 0.340 e. The highest BCUT2D eigenvalue weighted by Crippen LogP contribution is 2.24. The number of methoxy groups -OCH3 is 1. The molecule has 3 rings (SSSR count). The molecule has 156 valence electrons. The molecule has 3 aromatic rings. The number of anilines is 1. The quantitative estimate of drug-likeness (QED) is 0.239. The summed E-state index contributed by atoms with van der Waals surface area (Å²) in [4.78, 5) is 23.0. The molecule has 15 nitrogen and oxygen atoms in total. The number of aliphatic hydroxyl groups excluding tert-OH is 2. The molecule has 0 aliphatic rings. The standard InChI is InChI=1S/C13H16ClN9O6/c1-28-4(2-29-7(12(26)27)9-19-21-22-20-9)6(24)11(25)23-3-16-5-8(15)17-13(14)18-10(5)23/h3-4,6-7,11,24-25H,2H2,1H3,(H,26,27)(H2,15,17,18)(H,19,20,21,22)/t4-,6-,7+,11-/m1/s1. The third-order valence-electron chi connectivity index (χ3n) is 3.96. The van der Waals surface area contributed by atoms with Gasteiger partial charge in [0.2, 0.25) is 11.4 Å². The van der Waals surface area contributed by atoms with Gasteiger partial charge in [-0.25, -0.2) is 14.9 Å². The number of nitrogens with zero attached hydrogens (tertiary/aromatic N) is 7. The van der Waals surface area contributed by atoms with Gasteiger partial charge in [0.15, 0.2) is 23.5 Å². The second kappa shape index (κ2) is 8.58. The lowest BCUT2D eigenvalue weighted by atomic mass is 10.2. The fourth-order valence-electron chi connectivity index (χ4n) is 2.50. The number of aromatic nitrogens is 8. The number of aliphatic carboxylic acids is 1. The van der Waals surface area contributed by atoms with Gasteiger partial charge in [0.25, 0.3) is 0 Å². The summed E-state index contributed by atoms with van der Waals surface area (Å²) in [7, 11) is 1.25. The Kier molecular flexibility index (Phi) is 6.14. The zero-order valence-corrected chi connectivity index (χ0v) is 15.5. The van der Waals surface area contributed by atoms with E-state index in [1.54, 1.807) is 0 Å². The molecule has 0 saturated carbocycles. The highest BCUT2D eigenvalue weighted by Gasteiger charge is 2.32. The number of carboxylic acids is 1. The first kappa shape index (κ1) is 20.7. The number of rotatable bonds is 9. The first-order valence-electron chi connectivity index (χ1n) is 7.96. The van der Waals surface area contributed by atoms with E-state index in [1.165, 1.54) is 13.4 Å². The van der Waals surface area contributed by atoms with Crippen molar-refractivity contribution in [3.8, 4) is 0 Å². The smallest absolute Gasteiger partial charge is 0.340 e. The molecule has 6 N–H and O–H groups in total. The minimum Gasteiger partial charge on any atom is -0.479 e. The number of ether oxygens (including phenoxy) is 2. The summed E-state index contributed by atoms with van der Waals surface area (Å²) in [6, 6.07) is 0. The zero-order chi connectivity index (χ0) is 21.1. The number of nitrogens with one attached hydrogen (secondary N) is 1. The minimum atomic E-state index is -1.60. The van der Waals surface area contributed by atoms with Gasteiger partial charge in [-0.2, -0.15) is 9.97 Å². The normalized spacial score (nSPS) is 15.9. The third-order valence-corrected chi connectivity index (χ3v) is 4.13. The van der Waals surface area contributed by atoms with Crippen LogP contribution in [0.5, 0.6) is 0 Å². The number of imidazole rings is 1. The van der Waals surface area contributed by atoms with Crippen LogP contribution in [0.1, 0.15) is 18.2 Å². The van der Waals surface area contributed by atoms with Gasteiger partial charge in [-0.05, 0) is 22.0 Å². The Labute approximate surface area is 166 Å². The molecule has 29 heavy (non-hydrogen) atoms. The lowest BCUT2D eigenvalue weighted by Gasteiger charge is -2.27. The van der Waals surface area contributed by atoms with Crippen molar-refractivity contribution < 1.29 is 29.6 Å². The van der Waals surface area contributed by atoms with Crippen LogP contribution in [0.2, 0.25) is 5.28 Å². The fraction of sp³-hybridized carbons (Fsp3) is 0.462. The first-order chi connectivity index (χ1) is 13.8. The zero-order valence-electron chi connectivity index (χ0n) is 14.7. The molecular formula is C13H16ClN9O6.